The van der Waals surface area contributed by atoms with E-state index < -0.39 is 12.8 Å². The number of oxime groups is 1. The zero-order chi connectivity index (χ0) is 13.8. The van der Waals surface area contributed by atoms with Crippen LogP contribution in [-0.2, 0) is 4.84 Å². The van der Waals surface area contributed by atoms with E-state index in [-0.39, 0.29) is 28.0 Å². The maximum atomic E-state index is 11.9. The summed E-state index contributed by atoms with van der Waals surface area (Å²) in [6.45, 7) is -1.69. The van der Waals surface area contributed by atoms with Crippen molar-refractivity contribution in [3.63, 3.8) is 0 Å². The van der Waals surface area contributed by atoms with Gasteiger partial charge in [-0.25, -0.2) is 0 Å². The number of aromatic nitrogens is 1. The second-order valence-corrected chi connectivity index (χ2v) is 3.96. The molecule has 0 saturated heterocycles. The Morgan fingerprint density at radius 2 is 2.11 bits per heavy atom. The van der Waals surface area contributed by atoms with Gasteiger partial charge in [-0.3, -0.25) is 4.98 Å². The fraction of sp³-hybridized carbons (Fsp3) is 0.333. The lowest BCUT2D eigenvalue weighted by molar-refractivity contribution is -0.173. The third-order valence-corrected chi connectivity index (χ3v) is 2.17. The van der Waals surface area contributed by atoms with Crippen molar-refractivity contribution in [1.82, 2.24) is 4.98 Å². The molecule has 1 rings (SSSR count). The summed E-state index contributed by atoms with van der Waals surface area (Å²) in [5.41, 5.74) is 5.47. The Bertz CT molecular complexity index is 451. The highest BCUT2D eigenvalue weighted by atomic mass is 35.5. The number of hydrogen-bond acceptors (Lipinski definition) is 4. The fourth-order valence-electron chi connectivity index (χ4n) is 0.987. The Morgan fingerprint density at radius 3 is 2.61 bits per heavy atom. The summed E-state index contributed by atoms with van der Waals surface area (Å²) in [4.78, 5) is 7.97. The van der Waals surface area contributed by atoms with Crippen molar-refractivity contribution in [3.8, 4) is 0 Å². The van der Waals surface area contributed by atoms with Crippen LogP contribution in [0.25, 0.3) is 0 Å². The zero-order valence-corrected chi connectivity index (χ0v) is 10.4. The molecule has 4 nitrogen and oxygen atoms in total. The van der Waals surface area contributed by atoms with Gasteiger partial charge in [-0.05, 0) is 6.07 Å². The van der Waals surface area contributed by atoms with Crippen LogP contribution in [-0.4, -0.2) is 30.0 Å². The molecule has 0 spiro atoms. The first-order valence-corrected chi connectivity index (χ1v) is 5.36. The Kier molecular flexibility index (Phi) is 5.18. The van der Waals surface area contributed by atoms with Gasteiger partial charge in [-0.15, -0.1) is 0 Å². The van der Waals surface area contributed by atoms with Gasteiger partial charge in [0.2, 0.25) is 6.61 Å². The van der Waals surface area contributed by atoms with Gasteiger partial charge in [0.1, 0.15) is 11.4 Å². The minimum absolute atomic E-state index is 0.000849. The van der Waals surface area contributed by atoms with Gasteiger partial charge in [-0.1, -0.05) is 28.4 Å². The molecule has 0 amide bonds. The number of rotatable bonds is 4. The highest BCUT2D eigenvalue weighted by Crippen LogP contribution is 2.19. The Labute approximate surface area is 111 Å². The monoisotopic (exact) mass is 301 g/mol. The third kappa shape index (κ3) is 4.67. The van der Waals surface area contributed by atoms with Gasteiger partial charge in [0.25, 0.3) is 0 Å². The van der Waals surface area contributed by atoms with Gasteiger partial charge >= 0.3 is 6.18 Å². The molecule has 18 heavy (non-hydrogen) atoms. The molecule has 0 atom stereocenters. The summed E-state index contributed by atoms with van der Waals surface area (Å²) >= 11 is 11.4. The smallest absolute Gasteiger partial charge is 0.386 e. The van der Waals surface area contributed by atoms with E-state index in [0.717, 1.165) is 0 Å². The van der Waals surface area contributed by atoms with E-state index in [1.807, 2.05) is 0 Å². The van der Waals surface area contributed by atoms with Crippen molar-refractivity contribution in [1.29, 1.82) is 0 Å². The van der Waals surface area contributed by atoms with Gasteiger partial charge in [0, 0.05) is 12.7 Å². The second-order valence-electron chi connectivity index (χ2n) is 3.11. The van der Waals surface area contributed by atoms with Crippen LogP contribution in [0.3, 0.4) is 0 Å². The molecule has 0 bridgehead atoms. The third-order valence-electron chi connectivity index (χ3n) is 1.68. The van der Waals surface area contributed by atoms with Crippen LogP contribution in [0.2, 0.25) is 10.0 Å². The molecule has 1 aromatic heterocycles. The molecule has 0 aliphatic heterocycles. The first kappa shape index (κ1) is 15.0. The van der Waals surface area contributed by atoms with Gasteiger partial charge in [-0.2, -0.15) is 13.2 Å². The predicted molar refractivity (Wildman–Crippen MR) is 61.9 cm³/mol. The Hall–Kier alpha value is -1.05. The zero-order valence-electron chi connectivity index (χ0n) is 8.84. The van der Waals surface area contributed by atoms with Crippen LogP contribution in [0, 0.1) is 0 Å². The molecule has 0 unspecified atom stereocenters. The number of halogens is 5. The average molecular weight is 302 g/mol. The number of pyridine rings is 1. The molecule has 0 saturated carbocycles. The Morgan fingerprint density at radius 1 is 1.44 bits per heavy atom. The van der Waals surface area contributed by atoms with E-state index in [9.17, 15) is 13.2 Å². The summed E-state index contributed by atoms with van der Waals surface area (Å²) in [6, 6.07) is 1.38. The molecule has 0 fully saturated rings. The van der Waals surface area contributed by atoms with Gasteiger partial charge in [0.15, 0.2) is 0 Å². The highest BCUT2D eigenvalue weighted by Gasteiger charge is 2.28. The number of nitrogens with two attached hydrogens (primary N) is 1. The molecular weight excluding hydrogens is 294 g/mol. The van der Waals surface area contributed by atoms with Crippen LogP contribution in [0.5, 0.6) is 0 Å². The number of nitrogens with zero attached hydrogens (tertiary/aromatic N) is 2. The Balaban J connectivity index is 2.85. The summed E-state index contributed by atoms with van der Waals surface area (Å²) in [5, 5.41) is 3.69. The predicted octanol–water partition coefficient (Wildman–Crippen LogP) is 2.63. The van der Waals surface area contributed by atoms with Crippen molar-refractivity contribution in [2.75, 3.05) is 13.2 Å². The summed E-state index contributed by atoms with van der Waals surface area (Å²) in [7, 11) is 0. The molecule has 2 N–H and O–H groups in total. The molecule has 9 heteroatoms. The molecular formula is C9H8Cl2F3N3O. The summed E-state index contributed by atoms with van der Waals surface area (Å²) in [6.07, 6.45) is -3.20. The molecule has 1 heterocycles. The van der Waals surface area contributed by atoms with Gasteiger partial charge in [0.05, 0.1) is 10.0 Å². The van der Waals surface area contributed by atoms with Crippen LogP contribution in [0.4, 0.5) is 13.2 Å². The molecule has 0 radical (unpaired) electrons. The first-order valence-electron chi connectivity index (χ1n) is 4.60. The molecule has 1 aromatic rings. The number of hydrogen-bond donors (Lipinski definition) is 1. The lowest BCUT2D eigenvalue weighted by atomic mass is 10.2. The second kappa shape index (κ2) is 6.21. The van der Waals surface area contributed by atoms with E-state index in [1.165, 1.54) is 12.3 Å². The largest absolute Gasteiger partial charge is 0.425 e. The standard InChI is InChI=1S/C9H8Cl2F3N3O/c10-5-1-6(11)8(16-3-5)7(2-15)17-18-4-9(12,13)14/h1,3H,2,4,15H2/b17-7+. The SMILES string of the molecule is NC/C(=N\OCC(F)(F)F)c1ncc(Cl)cc1Cl. The van der Waals surface area contributed by atoms with E-state index >= 15 is 0 Å². The molecule has 0 aliphatic rings. The van der Waals surface area contributed by atoms with Crippen LogP contribution < -0.4 is 5.73 Å². The van der Waals surface area contributed by atoms with E-state index in [4.69, 9.17) is 28.9 Å². The molecule has 0 aliphatic carbocycles. The first-order chi connectivity index (χ1) is 8.33. The lowest BCUT2D eigenvalue weighted by Crippen LogP contribution is -2.20. The van der Waals surface area contributed by atoms with Gasteiger partial charge < -0.3 is 10.6 Å². The fourth-order valence-corrected chi connectivity index (χ4v) is 1.48. The summed E-state index contributed by atoms with van der Waals surface area (Å²) < 4.78 is 35.6. The quantitative estimate of drug-likeness (QED) is 0.687. The lowest BCUT2D eigenvalue weighted by Gasteiger charge is -2.07. The minimum Gasteiger partial charge on any atom is -0.386 e. The van der Waals surface area contributed by atoms with Crippen molar-refractivity contribution in [2.45, 2.75) is 6.18 Å². The summed E-state index contributed by atoms with van der Waals surface area (Å²) in [5.74, 6) is 0. The average Bonchev–Trinajstić information content (AvgIpc) is 2.24. The molecule has 100 valence electrons. The van der Waals surface area contributed by atoms with Crippen molar-refractivity contribution in [3.05, 3.63) is 28.0 Å². The van der Waals surface area contributed by atoms with Crippen LogP contribution in [0.1, 0.15) is 5.69 Å². The molecule has 0 aromatic carbocycles. The van der Waals surface area contributed by atoms with Crippen molar-refractivity contribution in [2.24, 2.45) is 10.9 Å². The van der Waals surface area contributed by atoms with E-state index in [0.29, 0.717) is 0 Å². The van der Waals surface area contributed by atoms with Crippen LogP contribution in [0.15, 0.2) is 17.4 Å². The topological polar surface area (TPSA) is 60.5 Å². The van der Waals surface area contributed by atoms with E-state index in [2.05, 4.69) is 15.0 Å². The normalized spacial score (nSPS) is 12.7. The highest BCUT2D eigenvalue weighted by molar-refractivity contribution is 6.36. The number of alkyl halides is 3. The minimum atomic E-state index is -4.47. The van der Waals surface area contributed by atoms with Crippen molar-refractivity contribution >= 4 is 28.9 Å². The maximum Gasteiger partial charge on any atom is 0.425 e. The van der Waals surface area contributed by atoms with E-state index in [1.54, 1.807) is 0 Å². The van der Waals surface area contributed by atoms with Crippen LogP contribution >= 0.6 is 23.2 Å². The van der Waals surface area contributed by atoms with Crippen molar-refractivity contribution < 1.29 is 18.0 Å². The maximum absolute atomic E-state index is 11.9.